The first-order valence-electron chi connectivity index (χ1n) is 4.17. The van der Waals surface area contributed by atoms with E-state index in [1.165, 1.54) is 4.88 Å². The molecular weight excluding hydrogens is 204 g/mol. The van der Waals surface area contributed by atoms with Crippen molar-refractivity contribution in [1.29, 1.82) is 5.26 Å². The van der Waals surface area contributed by atoms with Gasteiger partial charge in [0.05, 0.1) is 16.3 Å². The highest BCUT2D eigenvalue weighted by molar-refractivity contribution is 7.16. The number of halogens is 1. The summed E-state index contributed by atoms with van der Waals surface area (Å²) in [5.41, 5.74) is 0. The second kappa shape index (κ2) is 3.67. The van der Waals surface area contributed by atoms with Gasteiger partial charge in [-0.3, -0.25) is 0 Å². The standard InChI is InChI=1S/C9H9ClN2S/c10-9-2-1-8(13-9)7-5-12-4-6(7)3-11/h1-2,6-7,12H,4-5H2/t6-,7-/m0/s1. The van der Waals surface area contributed by atoms with Crippen molar-refractivity contribution < 1.29 is 0 Å². The molecule has 1 aromatic heterocycles. The number of hydrogen-bond acceptors (Lipinski definition) is 3. The van der Waals surface area contributed by atoms with E-state index < -0.39 is 0 Å². The minimum Gasteiger partial charge on any atom is -0.315 e. The summed E-state index contributed by atoms with van der Waals surface area (Å²) in [5.74, 6) is 0.442. The van der Waals surface area contributed by atoms with Crippen LogP contribution in [-0.4, -0.2) is 13.1 Å². The van der Waals surface area contributed by atoms with Gasteiger partial charge >= 0.3 is 0 Å². The van der Waals surface area contributed by atoms with Gasteiger partial charge in [0.25, 0.3) is 0 Å². The molecule has 1 fully saturated rings. The van der Waals surface area contributed by atoms with Crippen molar-refractivity contribution in [3.63, 3.8) is 0 Å². The molecule has 1 N–H and O–H groups in total. The van der Waals surface area contributed by atoms with Crippen molar-refractivity contribution in [1.82, 2.24) is 5.32 Å². The molecule has 0 aromatic carbocycles. The largest absolute Gasteiger partial charge is 0.315 e. The Morgan fingerprint density at radius 2 is 2.38 bits per heavy atom. The molecule has 0 spiro atoms. The lowest BCUT2D eigenvalue weighted by atomic mass is 9.96. The van der Waals surface area contributed by atoms with Gasteiger partial charge in [0.1, 0.15) is 0 Å². The zero-order valence-electron chi connectivity index (χ0n) is 6.96. The van der Waals surface area contributed by atoms with E-state index in [1.54, 1.807) is 11.3 Å². The molecule has 0 aliphatic carbocycles. The molecule has 0 bridgehead atoms. The molecular formula is C9H9ClN2S. The van der Waals surface area contributed by atoms with E-state index in [4.69, 9.17) is 16.9 Å². The summed E-state index contributed by atoms with van der Waals surface area (Å²) in [4.78, 5) is 1.22. The van der Waals surface area contributed by atoms with Crippen LogP contribution in [0.4, 0.5) is 0 Å². The van der Waals surface area contributed by atoms with Crippen LogP contribution in [0.2, 0.25) is 4.34 Å². The summed E-state index contributed by atoms with van der Waals surface area (Å²) in [6.07, 6.45) is 0. The smallest absolute Gasteiger partial charge is 0.0931 e. The second-order valence-electron chi connectivity index (χ2n) is 3.14. The van der Waals surface area contributed by atoms with Crippen LogP contribution in [-0.2, 0) is 0 Å². The highest BCUT2D eigenvalue weighted by Gasteiger charge is 2.29. The predicted molar refractivity (Wildman–Crippen MR) is 54.0 cm³/mol. The van der Waals surface area contributed by atoms with Crippen LogP contribution >= 0.6 is 22.9 Å². The first-order valence-corrected chi connectivity index (χ1v) is 5.36. The Morgan fingerprint density at radius 3 is 3.00 bits per heavy atom. The topological polar surface area (TPSA) is 35.8 Å². The molecule has 1 aliphatic heterocycles. The highest BCUT2D eigenvalue weighted by atomic mass is 35.5. The SMILES string of the molecule is N#C[C@H]1CNC[C@@H]1c1ccc(Cl)s1. The van der Waals surface area contributed by atoms with Gasteiger partial charge in [-0.1, -0.05) is 11.6 Å². The van der Waals surface area contributed by atoms with Crippen LogP contribution < -0.4 is 5.32 Å². The summed E-state index contributed by atoms with van der Waals surface area (Å²) >= 11 is 7.42. The summed E-state index contributed by atoms with van der Waals surface area (Å²) in [6.45, 7) is 1.70. The zero-order valence-corrected chi connectivity index (χ0v) is 8.53. The number of hydrogen-bond donors (Lipinski definition) is 1. The lowest BCUT2D eigenvalue weighted by molar-refractivity contribution is 0.657. The number of rotatable bonds is 1. The molecule has 0 radical (unpaired) electrons. The van der Waals surface area contributed by atoms with E-state index >= 15 is 0 Å². The average molecular weight is 213 g/mol. The normalized spacial score (nSPS) is 27.4. The van der Waals surface area contributed by atoms with Crippen LogP contribution in [0.5, 0.6) is 0 Å². The minimum absolute atomic E-state index is 0.106. The minimum atomic E-state index is 0.106. The maximum absolute atomic E-state index is 8.89. The lowest BCUT2D eigenvalue weighted by Crippen LogP contribution is -2.07. The van der Waals surface area contributed by atoms with E-state index in [-0.39, 0.29) is 5.92 Å². The summed E-state index contributed by atoms with van der Waals surface area (Å²) in [6, 6.07) is 6.24. The molecule has 0 unspecified atom stereocenters. The molecule has 2 atom stereocenters. The van der Waals surface area contributed by atoms with E-state index in [9.17, 15) is 0 Å². The molecule has 0 amide bonds. The third kappa shape index (κ3) is 1.71. The van der Waals surface area contributed by atoms with Crippen molar-refractivity contribution in [2.75, 3.05) is 13.1 Å². The molecule has 0 saturated carbocycles. The van der Waals surface area contributed by atoms with Gasteiger partial charge in [0, 0.05) is 23.9 Å². The maximum Gasteiger partial charge on any atom is 0.0931 e. The summed E-state index contributed by atoms with van der Waals surface area (Å²) < 4.78 is 0.804. The third-order valence-corrected chi connectivity index (χ3v) is 3.70. The van der Waals surface area contributed by atoms with Gasteiger partial charge in [-0.2, -0.15) is 5.26 Å². The fourth-order valence-corrected chi connectivity index (χ4v) is 2.87. The lowest BCUT2D eigenvalue weighted by Gasteiger charge is -2.08. The maximum atomic E-state index is 8.89. The van der Waals surface area contributed by atoms with Crippen LogP contribution in [0.1, 0.15) is 10.8 Å². The molecule has 4 heteroatoms. The van der Waals surface area contributed by atoms with Gasteiger partial charge in [0.2, 0.25) is 0 Å². The van der Waals surface area contributed by atoms with Crippen LogP contribution in [0.25, 0.3) is 0 Å². The summed E-state index contributed by atoms with van der Waals surface area (Å²) in [7, 11) is 0. The average Bonchev–Trinajstić information content (AvgIpc) is 2.71. The first-order chi connectivity index (χ1) is 6.31. The van der Waals surface area contributed by atoms with Crippen LogP contribution in [0.15, 0.2) is 12.1 Å². The van der Waals surface area contributed by atoms with Gasteiger partial charge in [-0.05, 0) is 12.1 Å². The van der Waals surface area contributed by atoms with Crippen LogP contribution in [0, 0.1) is 17.2 Å². The third-order valence-electron chi connectivity index (χ3n) is 2.34. The van der Waals surface area contributed by atoms with Crippen LogP contribution in [0.3, 0.4) is 0 Å². The number of nitrogens with zero attached hydrogens (tertiary/aromatic N) is 1. The Hall–Kier alpha value is -0.560. The molecule has 1 aliphatic rings. The molecule has 68 valence electrons. The zero-order chi connectivity index (χ0) is 9.26. The molecule has 13 heavy (non-hydrogen) atoms. The number of thiophene rings is 1. The van der Waals surface area contributed by atoms with Crippen molar-refractivity contribution in [2.24, 2.45) is 5.92 Å². The van der Waals surface area contributed by atoms with Crippen molar-refractivity contribution in [3.8, 4) is 6.07 Å². The molecule has 2 rings (SSSR count). The van der Waals surface area contributed by atoms with E-state index in [1.807, 2.05) is 12.1 Å². The van der Waals surface area contributed by atoms with Gasteiger partial charge in [0.15, 0.2) is 0 Å². The quantitative estimate of drug-likeness (QED) is 0.775. The van der Waals surface area contributed by atoms with Gasteiger partial charge < -0.3 is 5.32 Å². The van der Waals surface area contributed by atoms with Crippen molar-refractivity contribution in [3.05, 3.63) is 21.3 Å². The number of nitrogens with one attached hydrogen (secondary N) is 1. The Kier molecular flexibility index (Phi) is 2.54. The fraction of sp³-hybridized carbons (Fsp3) is 0.444. The van der Waals surface area contributed by atoms with Gasteiger partial charge in [-0.15, -0.1) is 11.3 Å². The molecule has 2 heterocycles. The Labute approximate surface area is 86.1 Å². The Bertz CT molecular complexity index is 342. The fourth-order valence-electron chi connectivity index (χ4n) is 1.64. The Morgan fingerprint density at radius 1 is 1.54 bits per heavy atom. The highest BCUT2D eigenvalue weighted by Crippen LogP contribution is 2.34. The molecule has 1 aromatic rings. The molecule has 1 saturated heterocycles. The van der Waals surface area contributed by atoms with Gasteiger partial charge in [-0.25, -0.2) is 0 Å². The van der Waals surface area contributed by atoms with E-state index in [0.29, 0.717) is 5.92 Å². The first kappa shape index (κ1) is 9.01. The molecule has 2 nitrogen and oxygen atoms in total. The monoisotopic (exact) mass is 212 g/mol. The van der Waals surface area contributed by atoms with E-state index in [2.05, 4.69) is 11.4 Å². The van der Waals surface area contributed by atoms with Crippen molar-refractivity contribution >= 4 is 22.9 Å². The van der Waals surface area contributed by atoms with Crippen molar-refractivity contribution in [2.45, 2.75) is 5.92 Å². The predicted octanol–water partition coefficient (Wildman–Crippen LogP) is 2.23. The number of nitriles is 1. The Balaban J connectivity index is 2.21. The van der Waals surface area contributed by atoms with E-state index in [0.717, 1.165) is 17.4 Å². The summed E-state index contributed by atoms with van der Waals surface area (Å²) in [5, 5.41) is 12.1. The second-order valence-corrected chi connectivity index (χ2v) is 4.89.